The molecule has 1 rings (SSSR count). The zero-order valence-electron chi connectivity index (χ0n) is 33.8. The molecule has 0 radical (unpaired) electrons. The Morgan fingerprint density at radius 1 is 0.771 bits per heavy atom. The lowest BCUT2D eigenvalue weighted by Crippen LogP contribution is -2.62. The summed E-state index contributed by atoms with van der Waals surface area (Å²) in [6.07, 6.45) is -2.30. The van der Waals surface area contributed by atoms with Gasteiger partial charge in [0.2, 0.25) is 5.88 Å². The van der Waals surface area contributed by atoms with Crippen LogP contribution in [0.15, 0.2) is 6.20 Å². The molecule has 1 amide bonds. The molecule has 0 saturated carbocycles. The summed E-state index contributed by atoms with van der Waals surface area (Å²) in [5.74, 6) is 0.151. The van der Waals surface area contributed by atoms with Crippen LogP contribution in [0.3, 0.4) is 0 Å². The quantitative estimate of drug-likeness (QED) is 0.181. The molecule has 2 N–H and O–H groups in total. The fraction of sp³-hybridized carbons (Fsp3) is 0.853. The topological polar surface area (TPSA) is 130 Å². The van der Waals surface area contributed by atoms with Gasteiger partial charge < -0.3 is 37.9 Å². The minimum Gasteiger partial charge on any atom is -0.481 e. The van der Waals surface area contributed by atoms with Crippen molar-refractivity contribution in [3.05, 3.63) is 11.8 Å². The van der Waals surface area contributed by atoms with Gasteiger partial charge in [0.15, 0.2) is 25.0 Å². The molecule has 4 atom stereocenters. The number of hydrogen-bond acceptors (Lipinski definition) is 10. The highest BCUT2D eigenvalue weighted by Crippen LogP contribution is 2.44. The number of carbonyl (C=O) groups is 1. The van der Waals surface area contributed by atoms with E-state index in [0.717, 1.165) is 0 Å². The number of nitrogens with zero attached hydrogens (tertiary/aromatic N) is 2. The maximum atomic E-state index is 13.6. The number of ether oxygens (including phenoxy) is 3. The molecule has 0 aromatic carbocycles. The maximum Gasteiger partial charge on any atom is 0.408 e. The molecule has 0 fully saturated rings. The molecule has 14 heteroatoms. The van der Waals surface area contributed by atoms with Crippen molar-refractivity contribution in [1.82, 2.24) is 15.3 Å². The van der Waals surface area contributed by atoms with Crippen molar-refractivity contribution < 1.29 is 37.4 Å². The van der Waals surface area contributed by atoms with Gasteiger partial charge in [-0.2, -0.15) is 4.98 Å². The van der Waals surface area contributed by atoms with Gasteiger partial charge in [-0.1, -0.05) is 62.3 Å². The molecule has 0 bridgehead atoms. The average Bonchev–Trinajstić information content (AvgIpc) is 2.89. The van der Waals surface area contributed by atoms with Gasteiger partial charge >= 0.3 is 12.1 Å². The Labute approximate surface area is 295 Å². The van der Waals surface area contributed by atoms with Gasteiger partial charge in [-0.3, -0.25) is 0 Å². The number of aliphatic hydroxyl groups excluding tert-OH is 1. The summed E-state index contributed by atoms with van der Waals surface area (Å²) in [6, 6.07) is -0.663. The van der Waals surface area contributed by atoms with Crippen LogP contribution >= 0.6 is 0 Å². The van der Waals surface area contributed by atoms with Crippen molar-refractivity contribution in [1.29, 1.82) is 0 Å². The molecule has 0 aliphatic rings. The monoisotopic (exact) mass is 731 g/mol. The van der Waals surface area contributed by atoms with Gasteiger partial charge in [0, 0.05) is 6.20 Å². The molecule has 0 saturated heterocycles. The van der Waals surface area contributed by atoms with Crippen molar-refractivity contribution in [3.8, 4) is 11.9 Å². The largest absolute Gasteiger partial charge is 0.481 e. The molecule has 0 spiro atoms. The van der Waals surface area contributed by atoms with Crippen molar-refractivity contribution in [2.45, 2.75) is 167 Å². The van der Waals surface area contributed by atoms with Gasteiger partial charge in [-0.05, 0) is 75.2 Å². The smallest absolute Gasteiger partial charge is 0.408 e. The van der Waals surface area contributed by atoms with Gasteiger partial charge in [0.1, 0.15) is 17.8 Å². The van der Waals surface area contributed by atoms with E-state index in [1.165, 1.54) is 20.4 Å². The fourth-order valence-corrected chi connectivity index (χ4v) is 7.58. The van der Waals surface area contributed by atoms with Crippen LogP contribution in [-0.4, -0.2) is 90.8 Å². The number of carbonyl (C=O) groups excluding carboxylic acids is 1. The Hall–Kier alpha value is -1.56. The molecule has 48 heavy (non-hydrogen) atoms. The highest BCUT2D eigenvalue weighted by Gasteiger charge is 2.50. The van der Waals surface area contributed by atoms with Crippen LogP contribution in [0.1, 0.15) is 94.8 Å². The number of amides is 1. The number of aliphatic hydroxyl groups is 1. The lowest BCUT2D eigenvalue weighted by atomic mass is 9.97. The lowest BCUT2D eigenvalue weighted by molar-refractivity contribution is -0.0669. The van der Waals surface area contributed by atoms with Gasteiger partial charge in [-0.25, -0.2) is 9.78 Å². The molecule has 280 valence electrons. The summed E-state index contributed by atoms with van der Waals surface area (Å²) in [6.45, 7) is 37.8. The molecule has 1 aromatic heterocycles. The van der Waals surface area contributed by atoms with Crippen molar-refractivity contribution >= 4 is 31.0 Å². The van der Waals surface area contributed by atoms with Crippen LogP contribution in [-0.2, 0) is 18.0 Å². The van der Waals surface area contributed by atoms with E-state index in [4.69, 9.17) is 27.5 Å². The van der Waals surface area contributed by atoms with E-state index in [-0.39, 0.29) is 33.6 Å². The number of hydrogen-bond donors (Lipinski definition) is 2. The minimum absolute atomic E-state index is 0.0936. The summed E-state index contributed by atoms with van der Waals surface area (Å²) >= 11 is 0. The normalized spacial score (nSPS) is 16.5. The third kappa shape index (κ3) is 12.0. The number of rotatable bonds is 14. The summed E-state index contributed by atoms with van der Waals surface area (Å²) in [5, 5.41) is 15.0. The molecule has 0 aliphatic heterocycles. The average molecular weight is 732 g/mol. The second-order valence-electron chi connectivity index (χ2n) is 18.3. The highest BCUT2D eigenvalue weighted by molar-refractivity contribution is 6.75. The minimum atomic E-state index is -2.61. The van der Waals surface area contributed by atoms with Gasteiger partial charge in [0.25, 0.3) is 0 Å². The van der Waals surface area contributed by atoms with E-state index in [0.29, 0.717) is 5.56 Å². The van der Waals surface area contributed by atoms with Crippen LogP contribution < -0.4 is 14.8 Å². The summed E-state index contributed by atoms with van der Waals surface area (Å²) in [7, 11) is -4.59. The van der Waals surface area contributed by atoms with Crippen LogP contribution in [0.5, 0.6) is 11.9 Å². The molecule has 0 unspecified atom stereocenters. The summed E-state index contributed by atoms with van der Waals surface area (Å²) < 4.78 is 37.9. The van der Waals surface area contributed by atoms with Gasteiger partial charge in [-0.15, -0.1) is 0 Å². The number of alkyl carbamates (subject to hydrolysis) is 1. The maximum absolute atomic E-state index is 13.6. The Balaban J connectivity index is 4.15. The second-order valence-corrected chi connectivity index (χ2v) is 32.6. The van der Waals surface area contributed by atoms with E-state index in [9.17, 15) is 9.90 Å². The number of methoxy groups -OCH3 is 2. The number of aromatic nitrogens is 2. The zero-order chi connectivity index (χ0) is 37.9. The van der Waals surface area contributed by atoms with Crippen molar-refractivity contribution in [2.75, 3.05) is 20.8 Å². The molecule has 1 heterocycles. The molecular weight excluding hydrogens is 663 g/mol. The Bertz CT molecular complexity index is 1200. The number of nitrogens with one attached hydrogen (secondary N) is 1. The zero-order valence-corrected chi connectivity index (χ0v) is 36.8. The first kappa shape index (κ1) is 44.5. The van der Waals surface area contributed by atoms with E-state index in [1.54, 1.807) is 0 Å². The SMILES string of the molecule is COc1ncc([C@H](O)[C@@H](O[Si](C)(C)C(C)(C)C)[C@H](O[Si](C)(C)C(C)(C)C)[C@@H](CO[Si](C)(C)C(C)(C)C)NC(=O)OC(C)(C)C)c(OC)n1. The molecule has 1 aromatic rings. The third-order valence-electron chi connectivity index (χ3n) is 10.1. The first-order valence-corrected chi connectivity index (χ1v) is 25.6. The van der Waals surface area contributed by atoms with Crippen LogP contribution in [0, 0.1) is 0 Å². The fourth-order valence-electron chi connectivity index (χ4n) is 3.92. The standard InChI is InChI=1S/C34H69N3O8Si3/c1-31(2,3)43-30(39)36-24(22-42-46(15,16)32(4,5)6)26(44-47(17,18)33(7,8)9)27(45-48(19,20)34(10,11)12)25(38)23-21-35-29(41-14)37-28(23)40-13/h21,24-27,38H,22H2,1-20H3,(H,36,39)/t24-,25+,26-,27-/m1/s1. The Kier molecular flexibility index (Phi) is 14.6. The van der Waals surface area contributed by atoms with Gasteiger partial charge in [0.05, 0.1) is 38.5 Å². The van der Waals surface area contributed by atoms with E-state index in [1.807, 2.05) is 20.8 Å². The van der Waals surface area contributed by atoms with E-state index < -0.39 is 61.0 Å². The van der Waals surface area contributed by atoms with E-state index >= 15 is 0 Å². The first-order chi connectivity index (χ1) is 21.3. The molecular formula is C34H69N3O8Si3. The van der Waals surface area contributed by atoms with Crippen LogP contribution in [0.2, 0.25) is 54.4 Å². The van der Waals surface area contributed by atoms with Crippen molar-refractivity contribution in [2.24, 2.45) is 0 Å². The van der Waals surface area contributed by atoms with Crippen LogP contribution in [0.4, 0.5) is 4.79 Å². The lowest BCUT2D eigenvalue weighted by Gasteiger charge is -2.48. The third-order valence-corrected chi connectivity index (χ3v) is 23.5. The molecule has 0 aliphatic carbocycles. The Morgan fingerprint density at radius 3 is 1.62 bits per heavy atom. The van der Waals surface area contributed by atoms with E-state index in [2.05, 4.69) is 117 Å². The predicted octanol–water partition coefficient (Wildman–Crippen LogP) is 8.22. The summed E-state index contributed by atoms with van der Waals surface area (Å²) in [5.41, 5.74) is -0.429. The highest BCUT2D eigenvalue weighted by atomic mass is 28.4. The second kappa shape index (κ2) is 15.8. The molecule has 11 nitrogen and oxygen atoms in total. The Morgan fingerprint density at radius 2 is 1.23 bits per heavy atom. The van der Waals surface area contributed by atoms with Crippen molar-refractivity contribution in [3.63, 3.8) is 0 Å². The first-order valence-electron chi connectivity index (χ1n) is 16.9. The van der Waals surface area contributed by atoms with Crippen LogP contribution in [0.25, 0.3) is 0 Å². The predicted molar refractivity (Wildman–Crippen MR) is 201 cm³/mol. The summed E-state index contributed by atoms with van der Waals surface area (Å²) in [4.78, 5) is 22.2.